The normalized spacial score (nSPS) is 19.3. The molecule has 6 nitrogen and oxygen atoms in total. The van der Waals surface area contributed by atoms with Gasteiger partial charge >= 0.3 is 0 Å². The third-order valence-corrected chi connectivity index (χ3v) is 3.69. The second kappa shape index (κ2) is 5.49. The van der Waals surface area contributed by atoms with Crippen LogP contribution in [0.5, 0.6) is 0 Å². The number of nitrogens with zero attached hydrogens (tertiary/aromatic N) is 1. The van der Waals surface area contributed by atoms with Crippen molar-refractivity contribution in [2.75, 3.05) is 6.54 Å². The first-order valence-corrected chi connectivity index (χ1v) is 6.82. The Kier molecular flexibility index (Phi) is 3.53. The Bertz CT molecular complexity index is 701. The Balaban J connectivity index is 1.75. The molecule has 4 N–H and O–H groups in total. The summed E-state index contributed by atoms with van der Waals surface area (Å²) in [7, 11) is 0. The van der Waals surface area contributed by atoms with E-state index < -0.39 is 12.1 Å². The van der Waals surface area contributed by atoms with Crippen molar-refractivity contribution in [2.45, 2.75) is 12.6 Å². The topological polar surface area (TPSA) is 97.1 Å². The molecule has 6 heteroatoms. The number of rotatable bonds is 3. The van der Waals surface area contributed by atoms with E-state index in [1.165, 1.54) is 0 Å². The lowest BCUT2D eigenvalue weighted by molar-refractivity contribution is -0.133. The molecule has 3 rings (SSSR count). The van der Waals surface area contributed by atoms with Crippen LogP contribution < -0.4 is 16.4 Å². The number of benzene rings is 1. The molecule has 1 aromatic carbocycles. The number of hydrogen-bond acceptors (Lipinski definition) is 4. The van der Waals surface area contributed by atoms with E-state index in [1.807, 2.05) is 24.3 Å². The predicted octanol–water partition coefficient (Wildman–Crippen LogP) is 0.444. The summed E-state index contributed by atoms with van der Waals surface area (Å²) < 4.78 is 0. The molecule has 1 aliphatic heterocycles. The van der Waals surface area contributed by atoms with E-state index >= 15 is 0 Å². The molecule has 1 aliphatic rings. The highest BCUT2D eigenvalue weighted by molar-refractivity contribution is 6.01. The van der Waals surface area contributed by atoms with Gasteiger partial charge in [-0.1, -0.05) is 12.1 Å². The standard InChI is InChI=1S/C15H16N4O2/c16-13(19-15(21)12-4-6-18-14(12)20)10-2-1-9-3-5-17-8-11(9)7-10/h1-3,5,7-8,12-13H,4,6,16H2,(H,18,20)(H,19,21)/t12?,13-/m0/s1. The van der Waals surface area contributed by atoms with Crippen molar-refractivity contribution in [1.29, 1.82) is 0 Å². The molecule has 0 aliphatic carbocycles. The zero-order valence-electron chi connectivity index (χ0n) is 11.4. The maximum atomic E-state index is 12.0. The summed E-state index contributed by atoms with van der Waals surface area (Å²) in [4.78, 5) is 27.6. The van der Waals surface area contributed by atoms with Crippen LogP contribution >= 0.6 is 0 Å². The Morgan fingerprint density at radius 3 is 3.00 bits per heavy atom. The van der Waals surface area contributed by atoms with Gasteiger partial charge in [-0.3, -0.25) is 14.6 Å². The van der Waals surface area contributed by atoms with E-state index in [0.29, 0.717) is 13.0 Å². The second-order valence-electron chi connectivity index (χ2n) is 5.10. The third kappa shape index (κ3) is 2.71. The minimum absolute atomic E-state index is 0.234. The van der Waals surface area contributed by atoms with Crippen molar-refractivity contribution in [1.82, 2.24) is 15.6 Å². The highest BCUT2D eigenvalue weighted by Gasteiger charge is 2.31. The Morgan fingerprint density at radius 1 is 1.38 bits per heavy atom. The van der Waals surface area contributed by atoms with Gasteiger partial charge < -0.3 is 16.4 Å². The summed E-state index contributed by atoms with van der Waals surface area (Å²) in [6.07, 6.45) is 3.34. The van der Waals surface area contributed by atoms with Gasteiger partial charge in [-0.15, -0.1) is 0 Å². The minimum atomic E-state index is -0.643. The smallest absolute Gasteiger partial charge is 0.234 e. The zero-order valence-corrected chi connectivity index (χ0v) is 11.4. The Hall–Kier alpha value is -2.47. The van der Waals surface area contributed by atoms with Crippen molar-refractivity contribution in [2.24, 2.45) is 11.7 Å². The molecule has 108 valence electrons. The molecular weight excluding hydrogens is 268 g/mol. The lowest BCUT2D eigenvalue weighted by Gasteiger charge is -2.16. The molecular formula is C15H16N4O2. The van der Waals surface area contributed by atoms with E-state index in [1.54, 1.807) is 12.4 Å². The maximum absolute atomic E-state index is 12.0. The molecule has 1 aromatic heterocycles. The van der Waals surface area contributed by atoms with Gasteiger partial charge in [0.25, 0.3) is 0 Å². The number of nitrogens with two attached hydrogens (primary N) is 1. The van der Waals surface area contributed by atoms with Crippen molar-refractivity contribution in [3.05, 3.63) is 42.2 Å². The predicted molar refractivity (Wildman–Crippen MR) is 77.9 cm³/mol. The van der Waals surface area contributed by atoms with Gasteiger partial charge in [0.15, 0.2) is 0 Å². The summed E-state index contributed by atoms with van der Waals surface area (Å²) in [5.41, 5.74) is 6.80. The van der Waals surface area contributed by atoms with Crippen LogP contribution in [-0.4, -0.2) is 23.3 Å². The van der Waals surface area contributed by atoms with Crippen LogP contribution in [0.1, 0.15) is 18.2 Å². The average molecular weight is 284 g/mol. The third-order valence-electron chi connectivity index (χ3n) is 3.69. The van der Waals surface area contributed by atoms with E-state index in [9.17, 15) is 9.59 Å². The molecule has 2 heterocycles. The van der Waals surface area contributed by atoms with Crippen molar-refractivity contribution >= 4 is 22.6 Å². The Morgan fingerprint density at radius 2 is 2.24 bits per heavy atom. The first-order valence-electron chi connectivity index (χ1n) is 6.82. The number of carbonyl (C=O) groups is 2. The van der Waals surface area contributed by atoms with Gasteiger partial charge in [0.1, 0.15) is 12.1 Å². The minimum Gasteiger partial charge on any atom is -0.355 e. The van der Waals surface area contributed by atoms with Crippen LogP contribution in [0.3, 0.4) is 0 Å². The average Bonchev–Trinajstić information content (AvgIpc) is 2.93. The number of fused-ring (bicyclic) bond motifs is 1. The van der Waals surface area contributed by atoms with E-state index in [4.69, 9.17) is 5.73 Å². The SMILES string of the molecule is N[C@@H](NC(=O)C1CCNC1=O)c1ccc2ccncc2c1. The number of amides is 2. The molecule has 0 saturated carbocycles. The molecule has 2 atom stereocenters. The molecule has 0 radical (unpaired) electrons. The molecule has 1 unspecified atom stereocenters. The monoisotopic (exact) mass is 284 g/mol. The first kappa shape index (κ1) is 13.5. The molecule has 2 amide bonds. The number of pyridine rings is 1. The summed E-state index contributed by atoms with van der Waals surface area (Å²) in [5, 5.41) is 7.34. The van der Waals surface area contributed by atoms with Gasteiger partial charge in [0, 0.05) is 24.3 Å². The van der Waals surface area contributed by atoms with Gasteiger partial charge in [0.05, 0.1) is 0 Å². The number of carbonyl (C=O) groups excluding carboxylic acids is 2. The lowest BCUT2D eigenvalue weighted by Crippen LogP contribution is -2.40. The van der Waals surface area contributed by atoms with Gasteiger partial charge in [-0.25, -0.2) is 0 Å². The van der Waals surface area contributed by atoms with Crippen LogP contribution in [0, 0.1) is 5.92 Å². The largest absolute Gasteiger partial charge is 0.355 e. The fourth-order valence-corrected chi connectivity index (χ4v) is 2.48. The van der Waals surface area contributed by atoms with Crippen molar-refractivity contribution in [3.63, 3.8) is 0 Å². The summed E-state index contributed by atoms with van der Waals surface area (Å²) in [6.45, 7) is 0.536. The lowest BCUT2D eigenvalue weighted by atomic mass is 10.1. The second-order valence-corrected chi connectivity index (χ2v) is 5.10. The van der Waals surface area contributed by atoms with Crippen molar-refractivity contribution < 1.29 is 9.59 Å². The molecule has 1 fully saturated rings. The van der Waals surface area contributed by atoms with E-state index in [-0.39, 0.29) is 11.8 Å². The van der Waals surface area contributed by atoms with Gasteiger partial charge in [-0.2, -0.15) is 0 Å². The zero-order chi connectivity index (χ0) is 14.8. The van der Waals surface area contributed by atoms with Crippen LogP contribution in [0.4, 0.5) is 0 Å². The molecule has 1 saturated heterocycles. The first-order chi connectivity index (χ1) is 10.1. The fraction of sp³-hybridized carbons (Fsp3) is 0.267. The van der Waals surface area contributed by atoms with Crippen LogP contribution in [0.2, 0.25) is 0 Å². The van der Waals surface area contributed by atoms with Gasteiger partial charge in [0.2, 0.25) is 11.8 Å². The molecule has 2 aromatic rings. The summed E-state index contributed by atoms with van der Waals surface area (Å²) >= 11 is 0. The van der Waals surface area contributed by atoms with Crippen LogP contribution in [0.15, 0.2) is 36.7 Å². The van der Waals surface area contributed by atoms with E-state index in [0.717, 1.165) is 16.3 Å². The molecule has 0 spiro atoms. The molecule has 21 heavy (non-hydrogen) atoms. The number of aromatic nitrogens is 1. The number of nitrogens with one attached hydrogen (secondary N) is 2. The summed E-state index contributed by atoms with van der Waals surface area (Å²) in [5.74, 6) is -1.20. The quantitative estimate of drug-likeness (QED) is 0.563. The Labute approximate surface area is 121 Å². The van der Waals surface area contributed by atoms with Crippen LogP contribution in [-0.2, 0) is 9.59 Å². The molecule has 0 bridgehead atoms. The maximum Gasteiger partial charge on any atom is 0.234 e. The van der Waals surface area contributed by atoms with Gasteiger partial charge in [-0.05, 0) is 29.5 Å². The highest BCUT2D eigenvalue weighted by atomic mass is 16.2. The number of hydrogen-bond donors (Lipinski definition) is 3. The fourth-order valence-electron chi connectivity index (χ4n) is 2.48. The highest BCUT2D eigenvalue weighted by Crippen LogP contribution is 2.18. The summed E-state index contributed by atoms with van der Waals surface area (Å²) in [6, 6.07) is 7.59. The van der Waals surface area contributed by atoms with E-state index in [2.05, 4.69) is 15.6 Å². The van der Waals surface area contributed by atoms with Crippen molar-refractivity contribution in [3.8, 4) is 0 Å². The van der Waals surface area contributed by atoms with Crippen LogP contribution in [0.25, 0.3) is 10.8 Å².